The number of aromatic carboxylic acids is 1. The van der Waals surface area contributed by atoms with E-state index < -0.39 is 23.6 Å². The first-order chi connectivity index (χ1) is 20.6. The van der Waals surface area contributed by atoms with Gasteiger partial charge in [0.2, 0.25) is 0 Å². The molecule has 2 saturated carbocycles. The predicted molar refractivity (Wildman–Crippen MR) is 157 cm³/mol. The van der Waals surface area contributed by atoms with Crippen molar-refractivity contribution in [3.63, 3.8) is 0 Å². The lowest BCUT2D eigenvalue weighted by Gasteiger charge is -2.34. The molecule has 232 valence electrons. The minimum Gasteiger partial charge on any atom is -0.489 e. The number of alkyl halides is 3. The zero-order valence-corrected chi connectivity index (χ0v) is 24.6. The topological polar surface area (TPSA) is 115 Å². The van der Waals surface area contributed by atoms with E-state index >= 15 is 0 Å². The smallest absolute Gasteiger partial charge is 0.489 e. The fraction of sp³-hybridized carbons (Fsp3) is 0.467. The maximum atomic E-state index is 13.1. The Kier molecular flexibility index (Phi) is 8.12. The summed E-state index contributed by atoms with van der Waals surface area (Å²) in [6.45, 7) is 3.99. The zero-order valence-electron chi connectivity index (χ0n) is 23.7. The summed E-state index contributed by atoms with van der Waals surface area (Å²) in [6.07, 6.45) is 0.335. The van der Waals surface area contributed by atoms with Gasteiger partial charge in [-0.1, -0.05) is 17.3 Å². The number of rotatable bonds is 10. The highest BCUT2D eigenvalue weighted by Gasteiger charge is 2.37. The number of hydrogen-bond acceptors (Lipinski definition) is 8. The van der Waals surface area contributed by atoms with Gasteiger partial charge in [0.15, 0.2) is 0 Å². The van der Waals surface area contributed by atoms with Crippen LogP contribution in [0.5, 0.6) is 11.5 Å². The number of thiol groups is 1. The molecule has 3 aliphatic rings. The number of nitrogens with one attached hydrogen (secondary N) is 2. The van der Waals surface area contributed by atoms with Crippen LogP contribution in [0.3, 0.4) is 0 Å². The first kappa shape index (κ1) is 29.5. The van der Waals surface area contributed by atoms with Crippen LogP contribution in [-0.4, -0.2) is 40.1 Å². The van der Waals surface area contributed by atoms with E-state index in [4.69, 9.17) is 14.0 Å². The number of ether oxygens (including phenoxy) is 3. The van der Waals surface area contributed by atoms with Gasteiger partial charge in [-0.3, -0.25) is 0 Å². The number of benzene rings is 2. The third-order valence-corrected chi connectivity index (χ3v) is 9.98. The van der Waals surface area contributed by atoms with E-state index in [1.807, 2.05) is 13.8 Å². The van der Waals surface area contributed by atoms with Crippen molar-refractivity contribution in [3.05, 3.63) is 53.3 Å². The number of fused-ring (bicyclic) bond motifs is 1. The maximum absolute atomic E-state index is 13.1. The van der Waals surface area contributed by atoms with Crippen molar-refractivity contribution >= 4 is 28.6 Å². The number of halogens is 3. The molecule has 3 N–H and O–H groups in total. The third-order valence-electron chi connectivity index (χ3n) is 7.79. The highest BCUT2D eigenvalue weighted by Crippen LogP contribution is 2.53. The van der Waals surface area contributed by atoms with E-state index in [0.29, 0.717) is 28.0 Å². The van der Waals surface area contributed by atoms with Crippen molar-refractivity contribution in [1.82, 2.24) is 5.16 Å². The Balaban J connectivity index is 1.11. The van der Waals surface area contributed by atoms with E-state index in [1.165, 1.54) is 12.1 Å². The van der Waals surface area contributed by atoms with Gasteiger partial charge in [0.1, 0.15) is 28.6 Å². The molecule has 1 aliphatic heterocycles. The number of para-hydroxylation sites is 1. The highest BCUT2D eigenvalue weighted by molar-refractivity contribution is 8.20. The lowest BCUT2D eigenvalue weighted by atomic mass is 9.97. The van der Waals surface area contributed by atoms with E-state index in [2.05, 4.69) is 19.3 Å². The summed E-state index contributed by atoms with van der Waals surface area (Å²) < 4.78 is 68.5. The molecule has 0 saturated heterocycles. The Morgan fingerprint density at radius 1 is 1.09 bits per heavy atom. The van der Waals surface area contributed by atoms with Gasteiger partial charge in [-0.05, 0) is 76.6 Å². The molecule has 1 aromatic heterocycles. The fourth-order valence-electron chi connectivity index (χ4n) is 5.64. The van der Waals surface area contributed by atoms with Crippen LogP contribution in [0, 0.1) is 0 Å². The number of anilines is 2. The average molecular weight is 622 g/mol. The predicted octanol–water partition coefficient (Wildman–Crippen LogP) is 7.80. The van der Waals surface area contributed by atoms with E-state index in [1.54, 1.807) is 24.3 Å². The van der Waals surface area contributed by atoms with Gasteiger partial charge in [0.25, 0.3) is 0 Å². The van der Waals surface area contributed by atoms with Gasteiger partial charge in [-0.2, -0.15) is 0 Å². The molecule has 0 bridgehead atoms. The summed E-state index contributed by atoms with van der Waals surface area (Å²) in [4.78, 5) is 11.7. The number of hydrogen-bond donors (Lipinski definition) is 4. The average Bonchev–Trinajstić information content (AvgIpc) is 3.56. The normalized spacial score (nSPS) is 22.5. The minimum atomic E-state index is -4.83. The second-order valence-electron chi connectivity index (χ2n) is 11.4. The monoisotopic (exact) mass is 621 g/mol. The van der Waals surface area contributed by atoms with Crippen LogP contribution in [0.4, 0.5) is 24.5 Å². The molecule has 1 unspecified atom stereocenters. The van der Waals surface area contributed by atoms with Crippen LogP contribution in [0.2, 0.25) is 0 Å². The van der Waals surface area contributed by atoms with E-state index in [0.717, 1.165) is 49.9 Å². The molecule has 3 aromatic rings. The molecule has 0 radical (unpaired) electrons. The summed E-state index contributed by atoms with van der Waals surface area (Å²) in [5, 5.41) is 14.1. The molecular formula is C30H34F3N3O6S. The number of carboxylic acid groups (broad SMARTS) is 1. The number of aromatic nitrogens is 1. The van der Waals surface area contributed by atoms with Crippen LogP contribution in [-0.2, 0) is 11.3 Å². The molecule has 2 heterocycles. The Morgan fingerprint density at radius 3 is 2.51 bits per heavy atom. The first-order valence-electron chi connectivity index (χ1n) is 14.4. The Morgan fingerprint density at radius 2 is 1.84 bits per heavy atom. The first-order valence-corrected chi connectivity index (χ1v) is 15.8. The van der Waals surface area contributed by atoms with Crippen LogP contribution in [0.1, 0.15) is 80.0 Å². The zero-order chi connectivity index (χ0) is 30.3. The van der Waals surface area contributed by atoms with Crippen LogP contribution < -0.4 is 18.9 Å². The summed E-state index contributed by atoms with van der Waals surface area (Å²) in [7, 11) is 0. The molecule has 1 atom stereocenters. The van der Waals surface area contributed by atoms with Crippen molar-refractivity contribution in [1.29, 1.82) is 0 Å². The summed E-state index contributed by atoms with van der Waals surface area (Å²) >= 11 is -0.843. The van der Waals surface area contributed by atoms with Crippen molar-refractivity contribution in [2.24, 2.45) is 0 Å². The molecule has 2 fully saturated rings. The molecule has 0 spiro atoms. The fourth-order valence-corrected chi connectivity index (χ4v) is 7.78. The summed E-state index contributed by atoms with van der Waals surface area (Å²) in [5.74, 6) is 0.0549. The van der Waals surface area contributed by atoms with Gasteiger partial charge in [0.05, 0.1) is 30.1 Å². The standard InChI is InChI=1S/C30H34F3N3O6S/c1-16(2)40-25-14-18(29(37)38)13-23-27(25)36-43(35-23)20-11-9-19(10-12-20)39-15-22-26(34-42-28(22)17-7-8-17)21-5-3-4-6-24(21)41-30(31,32)33/h3-6,13-14,16-17,19-20,35-36,43H,7-12,15H2,1-2H3,(H,37,38)/t19-,20+. The molecule has 13 heteroatoms. The largest absolute Gasteiger partial charge is 0.573 e. The summed E-state index contributed by atoms with van der Waals surface area (Å²) in [5.41, 5.74) is 2.91. The molecular weight excluding hydrogens is 587 g/mol. The SMILES string of the molecule is CC(C)Oc1cc(C(=O)O)cc2c1N[SH]([C@H]1CC[C@@H](OCc3c(-c4ccccc4OC(F)(F)F)noc3C3CC3)CC1)N2. The van der Waals surface area contributed by atoms with Gasteiger partial charge in [0, 0.05) is 22.3 Å². The number of carbonyl (C=O) groups is 1. The number of carboxylic acids is 1. The highest BCUT2D eigenvalue weighted by atomic mass is 32.2. The lowest BCUT2D eigenvalue weighted by molar-refractivity contribution is -0.274. The Bertz CT molecular complexity index is 1480. The Hall–Kier alpha value is -3.58. The van der Waals surface area contributed by atoms with Gasteiger partial charge in [-0.25, -0.2) is 4.79 Å². The summed E-state index contributed by atoms with van der Waals surface area (Å²) in [6, 6.07) is 9.14. The molecule has 0 amide bonds. The van der Waals surface area contributed by atoms with Crippen LogP contribution in [0.25, 0.3) is 11.3 Å². The van der Waals surface area contributed by atoms with Crippen LogP contribution in [0.15, 0.2) is 40.9 Å². The molecule has 43 heavy (non-hydrogen) atoms. The second-order valence-corrected chi connectivity index (χ2v) is 13.3. The van der Waals surface area contributed by atoms with Crippen molar-refractivity contribution < 1.29 is 41.8 Å². The van der Waals surface area contributed by atoms with Gasteiger partial charge < -0.3 is 33.3 Å². The molecule has 2 aromatic carbocycles. The van der Waals surface area contributed by atoms with Crippen LogP contribution >= 0.6 is 11.3 Å². The van der Waals surface area contributed by atoms with Gasteiger partial charge >= 0.3 is 12.3 Å². The van der Waals surface area contributed by atoms with E-state index in [9.17, 15) is 23.1 Å². The third kappa shape index (κ3) is 6.67. The van der Waals surface area contributed by atoms with Crippen molar-refractivity contribution in [2.75, 3.05) is 9.44 Å². The lowest BCUT2D eigenvalue weighted by Crippen LogP contribution is -2.27. The Labute approximate surface area is 249 Å². The van der Waals surface area contributed by atoms with Gasteiger partial charge in [-0.15, -0.1) is 24.4 Å². The minimum absolute atomic E-state index is 0.0221. The van der Waals surface area contributed by atoms with E-state index in [-0.39, 0.29) is 41.6 Å². The number of nitrogens with zero attached hydrogens (tertiary/aromatic N) is 1. The van der Waals surface area contributed by atoms with Crippen molar-refractivity contribution in [3.8, 4) is 22.8 Å². The molecule has 2 aliphatic carbocycles. The molecule has 9 nitrogen and oxygen atoms in total. The molecule has 6 rings (SSSR count). The second kappa shape index (κ2) is 11.8. The maximum Gasteiger partial charge on any atom is 0.573 e. The quantitative estimate of drug-likeness (QED) is 0.168. The van der Waals surface area contributed by atoms with Crippen molar-refractivity contribution in [2.45, 2.75) is 88.7 Å².